The van der Waals surface area contributed by atoms with Crippen LogP contribution in [0.4, 0.5) is 17.1 Å². The fourth-order valence-corrected chi connectivity index (χ4v) is 4.02. The van der Waals surface area contributed by atoms with Gasteiger partial charge in [0, 0.05) is 11.1 Å². The number of carbonyl (C=O) groups excluding carboxylic acids is 1. The molecular weight excluding hydrogens is 458 g/mol. The van der Waals surface area contributed by atoms with Gasteiger partial charge in [-0.3, -0.25) is 4.79 Å². The average molecular weight is 482 g/mol. The highest BCUT2D eigenvalue weighted by molar-refractivity contribution is 6.12. The summed E-state index contributed by atoms with van der Waals surface area (Å²) in [4.78, 5) is 30.0. The van der Waals surface area contributed by atoms with Crippen LogP contribution < -0.4 is 15.7 Å². The standard InChI is InChI=1S/C27H23N5O4/c1-14-10-22(23(36-3)11-15(14)2)31-32-24-18-7-5-4-6-16(18)12-19(25(24)33)26(34)28-17-8-9-20-21(13-17)30-27(35)29-20/h4-13,33H,1-3H3,(H,28,34)(H2,29,30,35). The molecule has 0 aliphatic heterocycles. The van der Waals surface area contributed by atoms with Crippen molar-refractivity contribution >= 4 is 44.8 Å². The van der Waals surface area contributed by atoms with Crippen molar-refractivity contribution in [2.45, 2.75) is 13.8 Å². The largest absolute Gasteiger partial charge is 0.505 e. The summed E-state index contributed by atoms with van der Waals surface area (Å²) in [6, 6.07) is 17.6. The molecule has 0 aliphatic carbocycles. The lowest BCUT2D eigenvalue weighted by atomic mass is 10.0. The van der Waals surface area contributed by atoms with Crippen LogP contribution in [0.5, 0.6) is 11.5 Å². The number of aromatic nitrogens is 2. The van der Waals surface area contributed by atoms with Crippen LogP contribution in [-0.4, -0.2) is 28.1 Å². The van der Waals surface area contributed by atoms with E-state index >= 15 is 0 Å². The molecule has 0 saturated heterocycles. The first kappa shape index (κ1) is 22.9. The van der Waals surface area contributed by atoms with Gasteiger partial charge in [0.25, 0.3) is 5.91 Å². The topological polar surface area (TPSA) is 132 Å². The molecule has 9 heteroatoms. The normalized spacial score (nSPS) is 11.4. The van der Waals surface area contributed by atoms with Gasteiger partial charge >= 0.3 is 5.69 Å². The quantitative estimate of drug-likeness (QED) is 0.229. The number of nitrogens with zero attached hydrogens (tertiary/aromatic N) is 2. The van der Waals surface area contributed by atoms with E-state index in [9.17, 15) is 14.7 Å². The number of azo groups is 1. The number of aryl methyl sites for hydroxylation is 2. The summed E-state index contributed by atoms with van der Waals surface area (Å²) in [6.45, 7) is 3.94. The Morgan fingerprint density at radius 2 is 1.69 bits per heavy atom. The number of hydrogen-bond acceptors (Lipinski definition) is 6. The van der Waals surface area contributed by atoms with Crippen LogP contribution in [0.15, 0.2) is 75.7 Å². The van der Waals surface area contributed by atoms with Gasteiger partial charge < -0.3 is 25.1 Å². The lowest BCUT2D eigenvalue weighted by Crippen LogP contribution is -2.12. The summed E-state index contributed by atoms with van der Waals surface area (Å²) in [5, 5.41) is 23.9. The molecule has 5 rings (SSSR count). The Hall–Kier alpha value is -4.92. The number of phenolic OH excluding ortho intramolecular Hbond substituents is 1. The summed E-state index contributed by atoms with van der Waals surface area (Å²) >= 11 is 0. The third kappa shape index (κ3) is 4.18. The first-order valence-corrected chi connectivity index (χ1v) is 11.2. The molecule has 4 aromatic carbocycles. The third-order valence-corrected chi connectivity index (χ3v) is 6.07. The number of phenols is 1. The van der Waals surface area contributed by atoms with E-state index in [4.69, 9.17) is 4.74 Å². The van der Waals surface area contributed by atoms with E-state index in [0.717, 1.165) is 11.1 Å². The predicted molar refractivity (Wildman–Crippen MR) is 139 cm³/mol. The number of methoxy groups -OCH3 is 1. The van der Waals surface area contributed by atoms with Crippen LogP contribution in [0.1, 0.15) is 21.5 Å². The molecule has 0 aliphatic rings. The number of anilines is 1. The second kappa shape index (κ2) is 9.03. The minimum atomic E-state index is -0.532. The summed E-state index contributed by atoms with van der Waals surface area (Å²) < 4.78 is 5.44. The van der Waals surface area contributed by atoms with Crippen molar-refractivity contribution in [2.24, 2.45) is 10.2 Å². The van der Waals surface area contributed by atoms with Crippen molar-refractivity contribution in [3.63, 3.8) is 0 Å². The SMILES string of the molecule is COc1cc(C)c(C)cc1N=Nc1c(O)c(C(=O)Nc2ccc3[nH]c(=O)[nH]c3c2)cc2ccccc12. The van der Waals surface area contributed by atoms with E-state index in [1.54, 1.807) is 37.4 Å². The maximum Gasteiger partial charge on any atom is 0.323 e. The molecule has 0 saturated carbocycles. The fourth-order valence-electron chi connectivity index (χ4n) is 4.02. The number of H-pyrrole nitrogens is 2. The minimum Gasteiger partial charge on any atom is -0.505 e. The van der Waals surface area contributed by atoms with Gasteiger partial charge in [-0.1, -0.05) is 24.3 Å². The number of fused-ring (bicyclic) bond motifs is 2. The van der Waals surface area contributed by atoms with Crippen LogP contribution in [0.25, 0.3) is 21.8 Å². The number of hydrogen-bond donors (Lipinski definition) is 4. The summed E-state index contributed by atoms with van der Waals surface area (Å²) in [5.74, 6) is -0.276. The van der Waals surface area contributed by atoms with Crippen molar-refractivity contribution in [1.29, 1.82) is 0 Å². The highest BCUT2D eigenvalue weighted by Crippen LogP contribution is 2.41. The molecule has 1 aromatic heterocycles. The Balaban J connectivity index is 1.56. The van der Waals surface area contributed by atoms with Crippen molar-refractivity contribution in [3.8, 4) is 11.5 Å². The van der Waals surface area contributed by atoms with E-state index in [0.29, 0.717) is 38.9 Å². The second-order valence-corrected chi connectivity index (χ2v) is 8.44. The van der Waals surface area contributed by atoms with Crippen LogP contribution >= 0.6 is 0 Å². The van der Waals surface area contributed by atoms with Crippen molar-refractivity contribution in [3.05, 3.63) is 87.8 Å². The highest BCUT2D eigenvalue weighted by atomic mass is 16.5. The summed E-state index contributed by atoms with van der Waals surface area (Å²) in [6.07, 6.45) is 0. The Bertz CT molecular complexity index is 1730. The lowest BCUT2D eigenvalue weighted by molar-refractivity contribution is 0.102. The molecule has 0 unspecified atom stereocenters. The molecule has 180 valence electrons. The van der Waals surface area contributed by atoms with Crippen LogP contribution in [0.3, 0.4) is 0 Å². The number of imidazole rings is 1. The van der Waals surface area contributed by atoms with E-state index < -0.39 is 5.91 Å². The van der Waals surface area contributed by atoms with Gasteiger partial charge in [0.2, 0.25) is 0 Å². The number of aromatic amines is 2. The van der Waals surface area contributed by atoms with Gasteiger partial charge in [-0.05, 0) is 66.8 Å². The Kier molecular flexibility index (Phi) is 5.73. The molecule has 1 heterocycles. The van der Waals surface area contributed by atoms with E-state index in [1.807, 2.05) is 44.2 Å². The number of carbonyl (C=O) groups is 1. The summed E-state index contributed by atoms with van der Waals surface area (Å²) in [5.41, 5.74) is 4.09. The van der Waals surface area contributed by atoms with Gasteiger partial charge in [-0.15, -0.1) is 10.2 Å². The zero-order chi connectivity index (χ0) is 25.4. The van der Waals surface area contributed by atoms with Gasteiger partial charge in [-0.2, -0.15) is 0 Å². The molecule has 4 N–H and O–H groups in total. The second-order valence-electron chi connectivity index (χ2n) is 8.44. The molecule has 0 bridgehead atoms. The van der Waals surface area contributed by atoms with E-state index in [1.165, 1.54) is 0 Å². The number of ether oxygens (including phenoxy) is 1. The molecular formula is C27H23N5O4. The molecule has 0 spiro atoms. The molecule has 0 fully saturated rings. The molecule has 36 heavy (non-hydrogen) atoms. The number of nitrogens with one attached hydrogen (secondary N) is 3. The molecule has 0 radical (unpaired) electrons. The van der Waals surface area contributed by atoms with E-state index in [-0.39, 0.29) is 22.7 Å². The van der Waals surface area contributed by atoms with Gasteiger partial charge in [-0.25, -0.2) is 4.79 Å². The lowest BCUT2D eigenvalue weighted by Gasteiger charge is -2.12. The highest BCUT2D eigenvalue weighted by Gasteiger charge is 2.19. The van der Waals surface area contributed by atoms with Crippen LogP contribution in [-0.2, 0) is 0 Å². The fraction of sp³-hybridized carbons (Fsp3) is 0.111. The van der Waals surface area contributed by atoms with Crippen molar-refractivity contribution in [2.75, 3.05) is 12.4 Å². The number of benzene rings is 4. The maximum absolute atomic E-state index is 13.2. The zero-order valence-electron chi connectivity index (χ0n) is 19.8. The number of aromatic hydroxyl groups is 1. The van der Waals surface area contributed by atoms with Gasteiger partial charge in [0.15, 0.2) is 5.75 Å². The predicted octanol–water partition coefficient (Wildman–Crippen LogP) is 6.01. The van der Waals surface area contributed by atoms with Crippen LogP contribution in [0, 0.1) is 13.8 Å². The minimum absolute atomic E-state index is 0.0392. The van der Waals surface area contributed by atoms with Gasteiger partial charge in [0.1, 0.15) is 17.1 Å². The van der Waals surface area contributed by atoms with Crippen LogP contribution in [0.2, 0.25) is 0 Å². The third-order valence-electron chi connectivity index (χ3n) is 6.07. The molecule has 0 atom stereocenters. The molecule has 9 nitrogen and oxygen atoms in total. The maximum atomic E-state index is 13.2. The van der Waals surface area contributed by atoms with Crippen molar-refractivity contribution < 1.29 is 14.6 Å². The first-order chi connectivity index (χ1) is 17.3. The molecule has 1 amide bonds. The Morgan fingerprint density at radius 3 is 2.50 bits per heavy atom. The smallest absolute Gasteiger partial charge is 0.323 e. The van der Waals surface area contributed by atoms with Crippen molar-refractivity contribution in [1.82, 2.24) is 9.97 Å². The first-order valence-electron chi connectivity index (χ1n) is 11.2. The van der Waals surface area contributed by atoms with Gasteiger partial charge in [0.05, 0.1) is 23.7 Å². The number of amides is 1. The Morgan fingerprint density at radius 1 is 0.944 bits per heavy atom. The number of rotatable bonds is 5. The monoisotopic (exact) mass is 481 g/mol. The summed E-state index contributed by atoms with van der Waals surface area (Å²) in [7, 11) is 1.56. The Labute approximate surface area is 205 Å². The zero-order valence-corrected chi connectivity index (χ0v) is 19.8. The van der Waals surface area contributed by atoms with E-state index in [2.05, 4.69) is 25.5 Å². The molecule has 5 aromatic rings. The average Bonchev–Trinajstić information content (AvgIpc) is 3.24.